The fraction of sp³-hybridized carbons (Fsp3) is 0.650. The van der Waals surface area contributed by atoms with Crippen LogP contribution < -0.4 is 10.1 Å². The summed E-state index contributed by atoms with van der Waals surface area (Å²) in [5.41, 5.74) is 1.25. The van der Waals surface area contributed by atoms with Gasteiger partial charge in [-0.3, -0.25) is 4.99 Å². The summed E-state index contributed by atoms with van der Waals surface area (Å²) >= 11 is 0. The molecular formula is C20H37IN4O. The van der Waals surface area contributed by atoms with Crippen LogP contribution in [-0.2, 0) is 6.54 Å². The summed E-state index contributed by atoms with van der Waals surface area (Å²) < 4.78 is 5.22. The van der Waals surface area contributed by atoms with E-state index in [0.29, 0.717) is 0 Å². The van der Waals surface area contributed by atoms with Gasteiger partial charge in [0.05, 0.1) is 7.11 Å². The molecule has 0 heterocycles. The Labute approximate surface area is 177 Å². The average molecular weight is 476 g/mol. The lowest BCUT2D eigenvalue weighted by atomic mass is 10.2. The van der Waals surface area contributed by atoms with Crippen LogP contribution in [0.5, 0.6) is 5.75 Å². The summed E-state index contributed by atoms with van der Waals surface area (Å²) in [5, 5.41) is 3.39. The van der Waals surface area contributed by atoms with Crippen molar-refractivity contribution < 1.29 is 4.74 Å². The summed E-state index contributed by atoms with van der Waals surface area (Å²) in [7, 11) is 3.78. The summed E-state index contributed by atoms with van der Waals surface area (Å²) in [4.78, 5) is 9.42. The number of ether oxygens (including phenoxy) is 1. The van der Waals surface area contributed by atoms with Gasteiger partial charge >= 0.3 is 0 Å². The van der Waals surface area contributed by atoms with Crippen molar-refractivity contribution in [1.29, 1.82) is 0 Å². The first-order valence-corrected chi connectivity index (χ1v) is 9.49. The van der Waals surface area contributed by atoms with Crippen molar-refractivity contribution in [3.8, 4) is 5.75 Å². The molecule has 0 bridgehead atoms. The molecule has 0 atom stereocenters. The number of nitrogens with one attached hydrogen (secondary N) is 1. The maximum atomic E-state index is 5.22. The number of aliphatic imine (C=N–C) groups is 1. The number of halogens is 1. The van der Waals surface area contributed by atoms with Gasteiger partial charge in [-0.15, -0.1) is 24.0 Å². The monoisotopic (exact) mass is 476 g/mol. The molecule has 0 aliphatic heterocycles. The third kappa shape index (κ3) is 9.62. The van der Waals surface area contributed by atoms with Crippen LogP contribution in [0.4, 0.5) is 0 Å². The van der Waals surface area contributed by atoms with Crippen molar-refractivity contribution >= 4 is 29.9 Å². The maximum Gasteiger partial charge on any atom is 0.193 e. The standard InChI is InChI=1S/C20H36N4O.HI/c1-6-21-20(22-15-9-10-16-24(7-2)8-3)23(4)17-18-11-13-19(25-5)14-12-18;/h11-14H,6-10,15-17H2,1-5H3,(H,21,22);1H. The fourth-order valence-corrected chi connectivity index (χ4v) is 2.72. The number of hydrogen-bond donors (Lipinski definition) is 1. The van der Waals surface area contributed by atoms with Gasteiger partial charge in [0.1, 0.15) is 5.75 Å². The van der Waals surface area contributed by atoms with Gasteiger partial charge in [-0.2, -0.15) is 0 Å². The van der Waals surface area contributed by atoms with Gasteiger partial charge in [0.25, 0.3) is 0 Å². The van der Waals surface area contributed by atoms with E-state index in [4.69, 9.17) is 9.73 Å². The van der Waals surface area contributed by atoms with Crippen LogP contribution in [0.15, 0.2) is 29.3 Å². The predicted octanol–water partition coefficient (Wildman–Crippen LogP) is 3.83. The van der Waals surface area contributed by atoms with Crippen LogP contribution in [0.3, 0.4) is 0 Å². The minimum atomic E-state index is 0. The molecule has 0 aromatic heterocycles. The zero-order valence-electron chi connectivity index (χ0n) is 17.1. The van der Waals surface area contributed by atoms with E-state index in [0.717, 1.165) is 50.9 Å². The van der Waals surface area contributed by atoms with Crippen LogP contribution in [0.2, 0.25) is 0 Å². The number of benzene rings is 1. The largest absolute Gasteiger partial charge is 0.497 e. The molecule has 0 spiro atoms. The Kier molecular flexibility index (Phi) is 14.5. The molecule has 1 N–H and O–H groups in total. The summed E-state index contributed by atoms with van der Waals surface area (Å²) in [6.07, 6.45) is 2.33. The summed E-state index contributed by atoms with van der Waals surface area (Å²) in [5.74, 6) is 1.86. The second-order valence-corrected chi connectivity index (χ2v) is 6.17. The number of nitrogens with zero attached hydrogens (tertiary/aromatic N) is 3. The van der Waals surface area contributed by atoms with E-state index in [2.05, 4.69) is 55.1 Å². The zero-order chi connectivity index (χ0) is 18.5. The van der Waals surface area contributed by atoms with E-state index in [-0.39, 0.29) is 24.0 Å². The Morgan fingerprint density at radius 2 is 1.73 bits per heavy atom. The predicted molar refractivity (Wildman–Crippen MR) is 123 cm³/mol. The van der Waals surface area contributed by atoms with Gasteiger partial charge in [-0.1, -0.05) is 26.0 Å². The van der Waals surface area contributed by atoms with E-state index in [1.165, 1.54) is 18.5 Å². The van der Waals surface area contributed by atoms with E-state index in [9.17, 15) is 0 Å². The first-order valence-electron chi connectivity index (χ1n) is 9.49. The van der Waals surface area contributed by atoms with Crippen LogP contribution in [0.1, 0.15) is 39.2 Å². The lowest BCUT2D eigenvalue weighted by molar-refractivity contribution is 0.297. The fourth-order valence-electron chi connectivity index (χ4n) is 2.72. The molecule has 0 amide bonds. The summed E-state index contributed by atoms with van der Waals surface area (Å²) in [6.45, 7) is 12.6. The second kappa shape index (κ2) is 15.1. The van der Waals surface area contributed by atoms with Crippen molar-refractivity contribution in [2.45, 2.75) is 40.2 Å². The van der Waals surface area contributed by atoms with E-state index in [1.807, 2.05) is 12.1 Å². The SMILES string of the molecule is CCNC(=NCCCCN(CC)CC)N(C)Cc1ccc(OC)cc1.I. The van der Waals surface area contributed by atoms with Gasteiger partial charge in [0.15, 0.2) is 5.96 Å². The van der Waals surface area contributed by atoms with E-state index in [1.54, 1.807) is 7.11 Å². The third-order valence-corrected chi connectivity index (χ3v) is 4.31. The molecule has 0 fully saturated rings. The molecule has 0 aliphatic rings. The first-order chi connectivity index (χ1) is 12.1. The Hall–Kier alpha value is -1.02. The highest BCUT2D eigenvalue weighted by atomic mass is 127. The molecule has 6 heteroatoms. The van der Waals surface area contributed by atoms with Gasteiger partial charge < -0.3 is 19.9 Å². The normalized spacial score (nSPS) is 11.2. The van der Waals surface area contributed by atoms with Gasteiger partial charge in [-0.05, 0) is 57.1 Å². The molecule has 1 rings (SSSR count). The minimum Gasteiger partial charge on any atom is -0.497 e. The Bertz CT molecular complexity index is 489. The molecule has 1 aromatic carbocycles. The molecule has 0 saturated heterocycles. The van der Waals surface area contributed by atoms with Crippen LogP contribution in [-0.4, -0.2) is 62.6 Å². The number of methoxy groups -OCH3 is 1. The lowest BCUT2D eigenvalue weighted by Crippen LogP contribution is -2.38. The average Bonchev–Trinajstić information content (AvgIpc) is 2.64. The first kappa shape index (κ1) is 25.0. The Morgan fingerprint density at radius 1 is 1.08 bits per heavy atom. The lowest BCUT2D eigenvalue weighted by Gasteiger charge is -2.22. The minimum absolute atomic E-state index is 0. The molecular weight excluding hydrogens is 439 g/mol. The highest BCUT2D eigenvalue weighted by molar-refractivity contribution is 14.0. The van der Waals surface area contributed by atoms with Crippen molar-refractivity contribution in [2.75, 3.05) is 46.9 Å². The topological polar surface area (TPSA) is 40.1 Å². The van der Waals surface area contributed by atoms with Crippen molar-refractivity contribution in [3.05, 3.63) is 29.8 Å². The van der Waals surface area contributed by atoms with Crippen molar-refractivity contribution in [3.63, 3.8) is 0 Å². The van der Waals surface area contributed by atoms with Crippen molar-refractivity contribution in [1.82, 2.24) is 15.1 Å². The van der Waals surface area contributed by atoms with Crippen LogP contribution in [0.25, 0.3) is 0 Å². The quantitative estimate of drug-likeness (QED) is 0.228. The number of rotatable bonds is 11. The molecule has 5 nitrogen and oxygen atoms in total. The zero-order valence-corrected chi connectivity index (χ0v) is 19.5. The Balaban J connectivity index is 0.00000625. The molecule has 1 aromatic rings. The van der Waals surface area contributed by atoms with E-state index < -0.39 is 0 Å². The van der Waals surface area contributed by atoms with E-state index >= 15 is 0 Å². The molecule has 0 unspecified atom stereocenters. The number of unbranched alkanes of at least 4 members (excludes halogenated alkanes) is 1. The Morgan fingerprint density at radius 3 is 2.27 bits per heavy atom. The molecule has 0 radical (unpaired) electrons. The molecule has 150 valence electrons. The molecule has 0 saturated carbocycles. The maximum absolute atomic E-state index is 5.22. The third-order valence-electron chi connectivity index (χ3n) is 4.31. The van der Waals surface area contributed by atoms with Gasteiger partial charge in [-0.25, -0.2) is 0 Å². The molecule has 26 heavy (non-hydrogen) atoms. The van der Waals surface area contributed by atoms with Gasteiger partial charge in [0.2, 0.25) is 0 Å². The van der Waals surface area contributed by atoms with Crippen LogP contribution in [0, 0.1) is 0 Å². The number of hydrogen-bond acceptors (Lipinski definition) is 3. The number of guanidine groups is 1. The second-order valence-electron chi connectivity index (χ2n) is 6.17. The summed E-state index contributed by atoms with van der Waals surface area (Å²) in [6, 6.07) is 8.20. The van der Waals surface area contributed by atoms with Crippen LogP contribution >= 0.6 is 24.0 Å². The highest BCUT2D eigenvalue weighted by Gasteiger charge is 2.06. The molecule has 0 aliphatic carbocycles. The van der Waals surface area contributed by atoms with Gasteiger partial charge in [0, 0.05) is 26.7 Å². The smallest absolute Gasteiger partial charge is 0.193 e. The highest BCUT2D eigenvalue weighted by Crippen LogP contribution is 2.12. The van der Waals surface area contributed by atoms with Crippen molar-refractivity contribution in [2.24, 2.45) is 4.99 Å².